The maximum Gasteiger partial charge on any atom is 0.434 e. The standard InChI is InChI=1S/C10H12F3N3/c11-10(12,13)9-6-15-8(5-16-9)3-7-1-2-14-4-7/h5-7,14H,1-4H2. The van der Waals surface area contributed by atoms with E-state index in [4.69, 9.17) is 0 Å². The monoisotopic (exact) mass is 231 g/mol. The zero-order chi connectivity index (χ0) is 11.6. The van der Waals surface area contributed by atoms with Gasteiger partial charge in [-0.15, -0.1) is 0 Å². The predicted molar refractivity (Wildman–Crippen MR) is 51.7 cm³/mol. The van der Waals surface area contributed by atoms with Gasteiger partial charge in [-0.05, 0) is 31.8 Å². The van der Waals surface area contributed by atoms with Gasteiger partial charge in [-0.25, -0.2) is 4.98 Å². The molecule has 1 aliphatic rings. The summed E-state index contributed by atoms with van der Waals surface area (Å²) in [5.74, 6) is 0.464. The second kappa shape index (κ2) is 4.37. The van der Waals surface area contributed by atoms with Crippen LogP contribution in [0.1, 0.15) is 17.8 Å². The van der Waals surface area contributed by atoms with Crippen LogP contribution in [0.3, 0.4) is 0 Å². The molecule has 0 aliphatic carbocycles. The van der Waals surface area contributed by atoms with E-state index in [0.717, 1.165) is 25.7 Å². The molecule has 0 bridgehead atoms. The van der Waals surface area contributed by atoms with E-state index in [1.165, 1.54) is 6.20 Å². The Morgan fingerprint density at radius 3 is 2.62 bits per heavy atom. The van der Waals surface area contributed by atoms with Gasteiger partial charge in [-0.3, -0.25) is 4.98 Å². The van der Waals surface area contributed by atoms with Crippen molar-refractivity contribution in [3.63, 3.8) is 0 Å². The van der Waals surface area contributed by atoms with E-state index in [-0.39, 0.29) is 0 Å². The van der Waals surface area contributed by atoms with Crippen molar-refractivity contribution in [1.82, 2.24) is 15.3 Å². The fraction of sp³-hybridized carbons (Fsp3) is 0.600. The SMILES string of the molecule is FC(F)(F)c1cnc(CC2CCNC2)cn1. The number of hydrogen-bond donors (Lipinski definition) is 1. The minimum Gasteiger partial charge on any atom is -0.316 e. The van der Waals surface area contributed by atoms with Crippen molar-refractivity contribution in [1.29, 1.82) is 0 Å². The molecule has 1 N–H and O–H groups in total. The van der Waals surface area contributed by atoms with E-state index in [2.05, 4.69) is 15.3 Å². The molecular formula is C10H12F3N3. The van der Waals surface area contributed by atoms with Crippen molar-refractivity contribution in [2.75, 3.05) is 13.1 Å². The predicted octanol–water partition coefficient (Wildman–Crippen LogP) is 1.65. The van der Waals surface area contributed by atoms with Crippen LogP contribution in [-0.4, -0.2) is 23.1 Å². The van der Waals surface area contributed by atoms with Gasteiger partial charge < -0.3 is 5.32 Å². The lowest BCUT2D eigenvalue weighted by atomic mass is 10.0. The maximum absolute atomic E-state index is 12.2. The van der Waals surface area contributed by atoms with Gasteiger partial charge in [-0.2, -0.15) is 13.2 Å². The second-order valence-electron chi connectivity index (χ2n) is 3.95. The first kappa shape index (κ1) is 11.3. The molecule has 6 heteroatoms. The van der Waals surface area contributed by atoms with Crippen LogP contribution in [0.2, 0.25) is 0 Å². The number of nitrogens with one attached hydrogen (secondary N) is 1. The highest BCUT2D eigenvalue weighted by atomic mass is 19.4. The number of hydrogen-bond acceptors (Lipinski definition) is 3. The summed E-state index contributed by atoms with van der Waals surface area (Å²) in [6.45, 7) is 1.88. The number of nitrogens with zero attached hydrogens (tertiary/aromatic N) is 2. The van der Waals surface area contributed by atoms with Gasteiger partial charge in [0.2, 0.25) is 0 Å². The zero-order valence-corrected chi connectivity index (χ0v) is 8.59. The van der Waals surface area contributed by atoms with Crippen molar-refractivity contribution in [3.8, 4) is 0 Å². The van der Waals surface area contributed by atoms with Crippen LogP contribution in [0.5, 0.6) is 0 Å². The molecule has 1 aliphatic heterocycles. The third-order valence-corrected chi connectivity index (χ3v) is 2.66. The van der Waals surface area contributed by atoms with Crippen molar-refractivity contribution in [2.24, 2.45) is 5.92 Å². The quantitative estimate of drug-likeness (QED) is 0.841. The largest absolute Gasteiger partial charge is 0.434 e. The molecule has 1 aromatic heterocycles. The van der Waals surface area contributed by atoms with Gasteiger partial charge in [0.1, 0.15) is 0 Å². The molecular weight excluding hydrogens is 219 g/mol. The molecule has 16 heavy (non-hydrogen) atoms. The first-order valence-electron chi connectivity index (χ1n) is 5.14. The van der Waals surface area contributed by atoms with Crippen molar-refractivity contribution < 1.29 is 13.2 Å². The third-order valence-electron chi connectivity index (χ3n) is 2.66. The Morgan fingerprint density at radius 2 is 2.12 bits per heavy atom. The number of rotatable bonds is 2. The Balaban J connectivity index is 2.01. The second-order valence-corrected chi connectivity index (χ2v) is 3.95. The highest BCUT2D eigenvalue weighted by Gasteiger charge is 2.32. The van der Waals surface area contributed by atoms with E-state index in [0.29, 0.717) is 18.0 Å². The number of alkyl halides is 3. The first-order chi connectivity index (χ1) is 7.55. The van der Waals surface area contributed by atoms with Crippen molar-refractivity contribution in [2.45, 2.75) is 19.0 Å². The normalized spacial score (nSPS) is 21.3. The summed E-state index contributed by atoms with van der Waals surface area (Å²) in [7, 11) is 0. The lowest BCUT2D eigenvalue weighted by Crippen LogP contribution is -2.13. The maximum atomic E-state index is 12.2. The smallest absolute Gasteiger partial charge is 0.316 e. The molecule has 1 aromatic rings. The van der Waals surface area contributed by atoms with E-state index < -0.39 is 11.9 Å². The summed E-state index contributed by atoms with van der Waals surface area (Å²) >= 11 is 0. The zero-order valence-electron chi connectivity index (χ0n) is 8.59. The number of aromatic nitrogens is 2. The van der Waals surface area contributed by atoms with Gasteiger partial charge in [0.05, 0.1) is 11.9 Å². The van der Waals surface area contributed by atoms with E-state index in [9.17, 15) is 13.2 Å². The van der Waals surface area contributed by atoms with E-state index >= 15 is 0 Å². The number of halogens is 3. The Bertz CT molecular complexity index is 341. The first-order valence-corrected chi connectivity index (χ1v) is 5.14. The lowest BCUT2D eigenvalue weighted by Gasteiger charge is -2.08. The van der Waals surface area contributed by atoms with Gasteiger partial charge in [-0.1, -0.05) is 0 Å². The van der Waals surface area contributed by atoms with Gasteiger partial charge >= 0.3 is 6.18 Å². The van der Waals surface area contributed by atoms with Gasteiger partial charge in [0.15, 0.2) is 5.69 Å². The molecule has 88 valence electrons. The lowest BCUT2D eigenvalue weighted by molar-refractivity contribution is -0.141. The molecule has 0 aromatic carbocycles. The Hall–Kier alpha value is -1.17. The fourth-order valence-corrected chi connectivity index (χ4v) is 1.79. The molecule has 3 nitrogen and oxygen atoms in total. The van der Waals surface area contributed by atoms with Crippen LogP contribution in [0.25, 0.3) is 0 Å². The molecule has 0 radical (unpaired) electrons. The van der Waals surface area contributed by atoms with Gasteiger partial charge in [0.25, 0.3) is 0 Å². The summed E-state index contributed by atoms with van der Waals surface area (Å²) < 4.78 is 36.6. The van der Waals surface area contributed by atoms with Gasteiger partial charge in [0, 0.05) is 6.20 Å². The molecule has 2 heterocycles. The summed E-state index contributed by atoms with van der Waals surface area (Å²) in [6.07, 6.45) is -0.639. The Labute approximate surface area is 91.1 Å². The summed E-state index contributed by atoms with van der Waals surface area (Å²) in [5.41, 5.74) is -0.303. The van der Waals surface area contributed by atoms with Crippen LogP contribution in [0.4, 0.5) is 13.2 Å². The van der Waals surface area contributed by atoms with E-state index in [1.807, 2.05) is 0 Å². The highest BCUT2D eigenvalue weighted by molar-refractivity contribution is 5.06. The van der Waals surface area contributed by atoms with Crippen LogP contribution < -0.4 is 5.32 Å². The van der Waals surface area contributed by atoms with Crippen molar-refractivity contribution >= 4 is 0 Å². The topological polar surface area (TPSA) is 37.8 Å². The molecule has 0 amide bonds. The fourth-order valence-electron chi connectivity index (χ4n) is 1.79. The molecule has 2 rings (SSSR count). The molecule has 1 atom stereocenters. The summed E-state index contributed by atoms with van der Waals surface area (Å²) in [6, 6.07) is 0. The van der Waals surface area contributed by atoms with Crippen LogP contribution >= 0.6 is 0 Å². The highest BCUT2D eigenvalue weighted by Crippen LogP contribution is 2.26. The molecule has 1 fully saturated rings. The minimum atomic E-state index is -4.40. The summed E-state index contributed by atoms with van der Waals surface area (Å²) in [5, 5.41) is 3.20. The van der Waals surface area contributed by atoms with Crippen LogP contribution in [0, 0.1) is 5.92 Å². The molecule has 1 unspecified atom stereocenters. The molecule has 0 spiro atoms. The Kier molecular flexibility index (Phi) is 3.09. The average Bonchev–Trinajstić information content (AvgIpc) is 2.70. The van der Waals surface area contributed by atoms with Crippen LogP contribution in [-0.2, 0) is 12.6 Å². The minimum absolute atomic E-state index is 0.464. The van der Waals surface area contributed by atoms with Crippen molar-refractivity contribution in [3.05, 3.63) is 23.8 Å². The van der Waals surface area contributed by atoms with E-state index in [1.54, 1.807) is 0 Å². The third kappa shape index (κ3) is 2.69. The molecule has 1 saturated heterocycles. The van der Waals surface area contributed by atoms with Crippen LogP contribution in [0.15, 0.2) is 12.4 Å². The Morgan fingerprint density at radius 1 is 1.31 bits per heavy atom. The summed E-state index contributed by atoms with van der Waals surface area (Å²) in [4.78, 5) is 7.18. The molecule has 0 saturated carbocycles. The average molecular weight is 231 g/mol.